The Labute approximate surface area is 166 Å². The Bertz CT molecular complexity index is 960. The fourth-order valence-corrected chi connectivity index (χ4v) is 2.58. The summed E-state index contributed by atoms with van der Waals surface area (Å²) in [6, 6.07) is 36.5. The van der Waals surface area contributed by atoms with Gasteiger partial charge in [0.15, 0.2) is 0 Å². The van der Waals surface area contributed by atoms with E-state index in [0.717, 1.165) is 5.69 Å². The van der Waals surface area contributed by atoms with E-state index < -0.39 is 0 Å². The Balaban J connectivity index is 0.000000206. The first-order valence-electron chi connectivity index (χ1n) is 8.59. The summed E-state index contributed by atoms with van der Waals surface area (Å²) in [6.45, 7) is 0. The summed E-state index contributed by atoms with van der Waals surface area (Å²) in [6.07, 6.45) is 1.95. The van der Waals surface area contributed by atoms with E-state index in [1.165, 1.54) is 21.7 Å². The number of fused-ring (bicyclic) bond motifs is 2. The highest BCUT2D eigenvalue weighted by atomic mass is 14.7. The van der Waals surface area contributed by atoms with Crippen molar-refractivity contribution in [2.75, 3.05) is 5.73 Å². The third-order valence-electron chi connectivity index (χ3n) is 3.92. The van der Waals surface area contributed by atoms with Crippen molar-refractivity contribution < 1.29 is 0 Å². The zero-order valence-corrected chi connectivity index (χ0v) is 16.0. The van der Waals surface area contributed by atoms with Crippen LogP contribution in [-0.2, 0) is 0 Å². The SMILES string of the molecule is N.N.Nc1ccccc1.c1ccc2[nH]ccc2c1.c1ccc2ccccc2c1. The quantitative estimate of drug-likeness (QED) is 0.230. The molecule has 0 saturated heterocycles. The van der Waals surface area contributed by atoms with E-state index in [4.69, 9.17) is 5.73 Å². The van der Waals surface area contributed by atoms with Crippen LogP contribution in [0.4, 0.5) is 5.69 Å². The van der Waals surface area contributed by atoms with Crippen LogP contribution in [0.1, 0.15) is 0 Å². The largest absolute Gasteiger partial charge is 0.399 e. The molecule has 4 aromatic carbocycles. The number of para-hydroxylation sites is 2. The second-order valence-electron chi connectivity index (χ2n) is 5.82. The predicted molar refractivity (Wildman–Crippen MR) is 123 cm³/mol. The molecule has 0 atom stereocenters. The van der Waals surface area contributed by atoms with E-state index in [2.05, 4.69) is 71.7 Å². The fraction of sp³-hybridized carbons (Fsp3) is 0. The van der Waals surface area contributed by atoms with Crippen LogP contribution in [0.5, 0.6) is 0 Å². The number of H-pyrrole nitrogens is 1. The Kier molecular flexibility index (Phi) is 9.54. The molecule has 0 fully saturated rings. The number of benzene rings is 4. The van der Waals surface area contributed by atoms with Crippen LogP contribution in [0.15, 0.2) is 115 Å². The Morgan fingerprint density at radius 3 is 1.32 bits per heavy atom. The van der Waals surface area contributed by atoms with Crippen LogP contribution in [0, 0.1) is 0 Å². The molecule has 0 bridgehead atoms. The molecule has 4 nitrogen and oxygen atoms in total. The van der Waals surface area contributed by atoms with Crippen molar-refractivity contribution in [1.29, 1.82) is 0 Å². The van der Waals surface area contributed by atoms with Gasteiger partial charge in [0.1, 0.15) is 0 Å². The summed E-state index contributed by atoms with van der Waals surface area (Å²) in [5, 5.41) is 3.90. The Morgan fingerprint density at radius 1 is 0.464 bits per heavy atom. The zero-order chi connectivity index (χ0) is 18.0. The maximum atomic E-state index is 5.36. The molecular formula is C24H28N4. The van der Waals surface area contributed by atoms with Crippen molar-refractivity contribution in [3.05, 3.63) is 115 Å². The lowest BCUT2D eigenvalue weighted by Gasteiger charge is -1.92. The van der Waals surface area contributed by atoms with Gasteiger partial charge >= 0.3 is 0 Å². The first-order valence-corrected chi connectivity index (χ1v) is 8.59. The summed E-state index contributed by atoms with van der Waals surface area (Å²) >= 11 is 0. The molecular weight excluding hydrogens is 344 g/mol. The summed E-state index contributed by atoms with van der Waals surface area (Å²) < 4.78 is 0. The van der Waals surface area contributed by atoms with Gasteiger partial charge in [0.25, 0.3) is 0 Å². The zero-order valence-electron chi connectivity index (χ0n) is 16.0. The number of aromatic amines is 1. The minimum atomic E-state index is 0. The van der Waals surface area contributed by atoms with Crippen molar-refractivity contribution in [3.63, 3.8) is 0 Å². The van der Waals surface area contributed by atoms with Crippen LogP contribution < -0.4 is 18.0 Å². The molecule has 5 aromatic rings. The summed E-state index contributed by atoms with van der Waals surface area (Å²) in [5.74, 6) is 0. The van der Waals surface area contributed by atoms with Crippen molar-refractivity contribution >= 4 is 27.4 Å². The molecule has 1 aromatic heterocycles. The van der Waals surface area contributed by atoms with Crippen molar-refractivity contribution in [2.24, 2.45) is 0 Å². The van der Waals surface area contributed by atoms with Crippen molar-refractivity contribution in [2.45, 2.75) is 0 Å². The summed E-state index contributed by atoms with van der Waals surface area (Å²) in [5.41, 5.74) is 7.39. The van der Waals surface area contributed by atoms with Gasteiger partial charge in [-0.15, -0.1) is 0 Å². The summed E-state index contributed by atoms with van der Waals surface area (Å²) in [7, 11) is 0. The number of aromatic nitrogens is 1. The minimum Gasteiger partial charge on any atom is -0.399 e. The molecule has 0 unspecified atom stereocenters. The van der Waals surface area contributed by atoms with Crippen molar-refractivity contribution in [3.8, 4) is 0 Å². The number of hydrogen-bond donors (Lipinski definition) is 4. The fourth-order valence-electron chi connectivity index (χ4n) is 2.58. The van der Waals surface area contributed by atoms with E-state index in [-0.39, 0.29) is 12.3 Å². The number of rotatable bonds is 0. The lowest BCUT2D eigenvalue weighted by Crippen LogP contribution is -1.79. The topological polar surface area (TPSA) is 112 Å². The normalized spacial score (nSPS) is 9.00. The number of hydrogen-bond acceptors (Lipinski definition) is 3. The average molecular weight is 373 g/mol. The lowest BCUT2D eigenvalue weighted by molar-refractivity contribution is 1.48. The minimum absolute atomic E-state index is 0. The summed E-state index contributed by atoms with van der Waals surface area (Å²) in [4.78, 5) is 3.12. The smallest absolute Gasteiger partial charge is 0.0453 e. The Morgan fingerprint density at radius 2 is 0.893 bits per heavy atom. The molecule has 1 heterocycles. The van der Waals surface area contributed by atoms with Gasteiger partial charge in [-0.1, -0.05) is 84.9 Å². The number of nitrogens with one attached hydrogen (secondary N) is 1. The second kappa shape index (κ2) is 11.9. The van der Waals surface area contributed by atoms with Gasteiger partial charge in [0.05, 0.1) is 0 Å². The lowest BCUT2D eigenvalue weighted by atomic mass is 10.1. The van der Waals surface area contributed by atoms with Gasteiger partial charge in [-0.25, -0.2) is 0 Å². The predicted octanol–water partition coefficient (Wildman–Crippen LogP) is 6.60. The maximum absolute atomic E-state index is 5.36. The van der Waals surface area contributed by atoms with Gasteiger partial charge < -0.3 is 23.0 Å². The van der Waals surface area contributed by atoms with Crippen LogP contribution in [0.2, 0.25) is 0 Å². The highest BCUT2D eigenvalue weighted by Gasteiger charge is 1.87. The van der Waals surface area contributed by atoms with E-state index in [1.54, 1.807) is 0 Å². The first kappa shape index (κ1) is 22.4. The highest BCUT2D eigenvalue weighted by Crippen LogP contribution is 2.11. The van der Waals surface area contributed by atoms with Crippen LogP contribution in [0.25, 0.3) is 21.7 Å². The van der Waals surface area contributed by atoms with E-state index >= 15 is 0 Å². The molecule has 0 aliphatic rings. The molecule has 28 heavy (non-hydrogen) atoms. The van der Waals surface area contributed by atoms with Gasteiger partial charge in [-0.05, 0) is 40.4 Å². The third-order valence-corrected chi connectivity index (χ3v) is 3.92. The molecule has 9 N–H and O–H groups in total. The number of anilines is 1. The molecule has 4 heteroatoms. The maximum Gasteiger partial charge on any atom is 0.0453 e. The molecule has 144 valence electrons. The van der Waals surface area contributed by atoms with Gasteiger partial charge in [-0.2, -0.15) is 0 Å². The van der Waals surface area contributed by atoms with Crippen molar-refractivity contribution in [1.82, 2.24) is 17.3 Å². The third kappa shape index (κ3) is 6.61. The molecule has 0 spiro atoms. The molecule has 5 rings (SSSR count). The second-order valence-corrected chi connectivity index (χ2v) is 5.82. The number of nitrogen functional groups attached to an aromatic ring is 1. The standard InChI is InChI=1S/C10H8.C8H7N.C6H7N.2H3N/c1-2-6-10-8-4-3-7-9(10)5-1;1-2-4-8-7(3-1)5-6-9-8;7-6-4-2-1-3-5-6;;/h1-8H;1-6,9H;1-5H,7H2;2*1H3. The Hall–Kier alpha value is -3.60. The monoisotopic (exact) mass is 372 g/mol. The average Bonchev–Trinajstić information content (AvgIpc) is 3.19. The molecule has 0 amide bonds. The van der Waals surface area contributed by atoms with Crippen LogP contribution in [-0.4, -0.2) is 4.98 Å². The van der Waals surface area contributed by atoms with E-state index in [0.29, 0.717) is 0 Å². The van der Waals surface area contributed by atoms with E-state index in [1.807, 2.05) is 48.7 Å². The van der Waals surface area contributed by atoms with Gasteiger partial charge in [-0.3, -0.25) is 0 Å². The van der Waals surface area contributed by atoms with Crippen LogP contribution >= 0.6 is 0 Å². The first-order chi connectivity index (χ1) is 12.8. The molecule has 0 radical (unpaired) electrons. The van der Waals surface area contributed by atoms with E-state index in [9.17, 15) is 0 Å². The highest BCUT2D eigenvalue weighted by molar-refractivity contribution is 5.82. The molecule has 0 saturated carbocycles. The van der Waals surface area contributed by atoms with Crippen LogP contribution in [0.3, 0.4) is 0 Å². The van der Waals surface area contributed by atoms with Gasteiger partial charge in [0, 0.05) is 17.4 Å². The molecule has 0 aliphatic heterocycles. The molecule has 0 aliphatic carbocycles. The number of nitrogens with two attached hydrogens (primary N) is 1. The van der Waals surface area contributed by atoms with Gasteiger partial charge in [0.2, 0.25) is 0 Å².